The highest BCUT2D eigenvalue weighted by Crippen LogP contribution is 2.24. The van der Waals surface area contributed by atoms with Gasteiger partial charge in [-0.25, -0.2) is 0 Å². The van der Waals surface area contributed by atoms with Crippen LogP contribution < -0.4 is 11.1 Å². The maximum absolute atomic E-state index is 6.11. The molecular weight excluding hydrogens is 200 g/mol. The molecule has 1 fully saturated rings. The van der Waals surface area contributed by atoms with E-state index in [4.69, 9.17) is 10.5 Å². The third kappa shape index (κ3) is 4.40. The maximum atomic E-state index is 6.11. The van der Waals surface area contributed by atoms with E-state index in [1.807, 2.05) is 0 Å². The highest BCUT2D eigenvalue weighted by molar-refractivity contribution is 4.86. The largest absolute Gasteiger partial charge is 0.378 e. The molecule has 1 rings (SSSR count). The van der Waals surface area contributed by atoms with Crippen LogP contribution >= 0.6 is 0 Å². The first-order chi connectivity index (χ1) is 7.43. The van der Waals surface area contributed by atoms with Gasteiger partial charge < -0.3 is 15.8 Å². The van der Waals surface area contributed by atoms with Crippen LogP contribution in [-0.4, -0.2) is 31.3 Å². The van der Waals surface area contributed by atoms with E-state index in [1.54, 1.807) is 0 Å². The molecule has 0 heterocycles. The Morgan fingerprint density at radius 1 is 1.38 bits per heavy atom. The van der Waals surface area contributed by atoms with Gasteiger partial charge in [0.15, 0.2) is 0 Å². The van der Waals surface area contributed by atoms with E-state index >= 15 is 0 Å². The summed E-state index contributed by atoms with van der Waals surface area (Å²) in [6, 6.07) is 0.937. The second-order valence-corrected chi connectivity index (χ2v) is 5.96. The quantitative estimate of drug-likeness (QED) is 0.730. The van der Waals surface area contributed by atoms with Crippen molar-refractivity contribution in [3.63, 3.8) is 0 Å². The fraction of sp³-hybridized carbons (Fsp3) is 1.00. The van der Waals surface area contributed by atoms with Gasteiger partial charge in [0.1, 0.15) is 0 Å². The van der Waals surface area contributed by atoms with Gasteiger partial charge in [0.05, 0.1) is 6.10 Å². The number of hydrogen-bond acceptors (Lipinski definition) is 3. The fourth-order valence-corrected chi connectivity index (χ4v) is 1.98. The van der Waals surface area contributed by atoms with Crippen molar-refractivity contribution >= 4 is 0 Å². The van der Waals surface area contributed by atoms with Crippen LogP contribution in [0, 0.1) is 5.41 Å². The van der Waals surface area contributed by atoms with Gasteiger partial charge in [-0.1, -0.05) is 20.8 Å². The molecule has 1 unspecified atom stereocenters. The average molecular weight is 228 g/mol. The molecule has 16 heavy (non-hydrogen) atoms. The van der Waals surface area contributed by atoms with Gasteiger partial charge in [-0.3, -0.25) is 0 Å². The minimum atomic E-state index is 0.217. The Labute approximate surface area is 100 Å². The third-order valence-corrected chi connectivity index (χ3v) is 3.50. The average Bonchev–Trinajstić information content (AvgIpc) is 2.12. The first kappa shape index (κ1) is 13.9. The summed E-state index contributed by atoms with van der Waals surface area (Å²) in [5, 5.41) is 3.55. The number of ether oxygens (including phenoxy) is 1. The lowest BCUT2D eigenvalue weighted by Gasteiger charge is -2.36. The van der Waals surface area contributed by atoms with Crippen molar-refractivity contribution in [3.8, 4) is 0 Å². The molecule has 0 aliphatic heterocycles. The Kier molecular flexibility index (Phi) is 5.22. The first-order valence-electron chi connectivity index (χ1n) is 6.54. The molecular formula is C13H28N2O. The molecule has 3 N–H and O–H groups in total. The van der Waals surface area contributed by atoms with E-state index in [9.17, 15) is 0 Å². The summed E-state index contributed by atoms with van der Waals surface area (Å²) in [4.78, 5) is 0. The van der Waals surface area contributed by atoms with Crippen molar-refractivity contribution in [2.24, 2.45) is 11.1 Å². The van der Waals surface area contributed by atoms with E-state index in [0.29, 0.717) is 12.1 Å². The van der Waals surface area contributed by atoms with Gasteiger partial charge in [0.25, 0.3) is 0 Å². The molecule has 0 saturated heterocycles. The zero-order valence-electron chi connectivity index (χ0n) is 11.3. The molecule has 1 saturated carbocycles. The maximum Gasteiger partial charge on any atom is 0.0604 e. The van der Waals surface area contributed by atoms with Gasteiger partial charge in [0, 0.05) is 18.7 Å². The van der Waals surface area contributed by atoms with Crippen LogP contribution in [-0.2, 0) is 4.74 Å². The smallest absolute Gasteiger partial charge is 0.0604 e. The van der Waals surface area contributed by atoms with Gasteiger partial charge in [-0.15, -0.1) is 0 Å². The minimum Gasteiger partial charge on any atom is -0.378 e. The molecule has 96 valence electrons. The van der Waals surface area contributed by atoms with Crippen molar-refractivity contribution in [2.75, 3.05) is 13.2 Å². The summed E-state index contributed by atoms with van der Waals surface area (Å²) < 4.78 is 5.53. The molecule has 0 aromatic rings. The molecule has 0 aromatic carbocycles. The molecule has 1 atom stereocenters. The van der Waals surface area contributed by atoms with Crippen LogP contribution in [0.25, 0.3) is 0 Å². The van der Waals surface area contributed by atoms with Gasteiger partial charge in [-0.05, 0) is 38.1 Å². The van der Waals surface area contributed by atoms with Gasteiger partial charge in [-0.2, -0.15) is 0 Å². The Morgan fingerprint density at radius 2 is 2.00 bits per heavy atom. The summed E-state index contributed by atoms with van der Waals surface area (Å²) >= 11 is 0. The van der Waals surface area contributed by atoms with Gasteiger partial charge in [0.2, 0.25) is 0 Å². The van der Waals surface area contributed by atoms with Crippen molar-refractivity contribution in [3.05, 3.63) is 0 Å². The molecule has 0 bridgehead atoms. The number of nitrogens with two attached hydrogens (primary N) is 1. The highest BCUT2D eigenvalue weighted by atomic mass is 16.5. The third-order valence-electron chi connectivity index (χ3n) is 3.50. The summed E-state index contributed by atoms with van der Waals surface area (Å²) in [6.45, 7) is 10.5. The molecule has 0 spiro atoms. The fourth-order valence-electron chi connectivity index (χ4n) is 1.98. The normalized spacial score (nSPS) is 27.6. The topological polar surface area (TPSA) is 47.3 Å². The summed E-state index contributed by atoms with van der Waals surface area (Å²) in [5.74, 6) is 0. The van der Waals surface area contributed by atoms with E-state index in [0.717, 1.165) is 19.6 Å². The van der Waals surface area contributed by atoms with Crippen molar-refractivity contribution < 1.29 is 4.74 Å². The Morgan fingerprint density at radius 3 is 2.50 bits per heavy atom. The van der Waals surface area contributed by atoms with Crippen molar-refractivity contribution in [1.29, 1.82) is 0 Å². The lowest BCUT2D eigenvalue weighted by Crippen LogP contribution is -2.47. The van der Waals surface area contributed by atoms with E-state index in [1.165, 1.54) is 12.8 Å². The van der Waals surface area contributed by atoms with Crippen LogP contribution in [0.1, 0.15) is 47.0 Å². The molecule has 3 nitrogen and oxygen atoms in total. The molecule has 0 amide bonds. The lowest BCUT2D eigenvalue weighted by molar-refractivity contribution is -0.00996. The molecule has 0 radical (unpaired) electrons. The summed E-state index contributed by atoms with van der Waals surface area (Å²) in [7, 11) is 0. The van der Waals surface area contributed by atoms with Gasteiger partial charge >= 0.3 is 0 Å². The Hall–Kier alpha value is -0.120. The summed E-state index contributed by atoms with van der Waals surface area (Å²) in [6.07, 6.45) is 3.88. The minimum absolute atomic E-state index is 0.217. The lowest BCUT2D eigenvalue weighted by atomic mass is 9.85. The molecule has 0 aromatic heterocycles. The van der Waals surface area contributed by atoms with E-state index < -0.39 is 0 Å². The molecule has 1 aliphatic carbocycles. The van der Waals surface area contributed by atoms with Crippen LogP contribution in [0.4, 0.5) is 0 Å². The molecule has 1 aliphatic rings. The van der Waals surface area contributed by atoms with Crippen LogP contribution in [0.15, 0.2) is 0 Å². The predicted molar refractivity (Wildman–Crippen MR) is 68.5 cm³/mol. The molecule has 3 heteroatoms. The van der Waals surface area contributed by atoms with Crippen molar-refractivity contribution in [2.45, 2.75) is 65.1 Å². The van der Waals surface area contributed by atoms with Crippen LogP contribution in [0.3, 0.4) is 0 Å². The number of rotatable bonds is 6. The van der Waals surface area contributed by atoms with E-state index in [2.05, 4.69) is 33.0 Å². The second-order valence-electron chi connectivity index (χ2n) is 5.96. The monoisotopic (exact) mass is 228 g/mol. The Bertz CT molecular complexity index is 195. The Balaban J connectivity index is 2.01. The highest BCUT2D eigenvalue weighted by Gasteiger charge is 2.29. The zero-order valence-corrected chi connectivity index (χ0v) is 11.3. The second kappa shape index (κ2) is 5.99. The predicted octanol–water partition coefficient (Wildman–Crippen LogP) is 1.91. The number of nitrogens with one attached hydrogen (secondary N) is 1. The standard InChI is InChI=1S/C13H28N2O/c1-5-16-11-8-10(9-11)15-7-6-12(14)13(2,3)4/h10-12,15H,5-9,14H2,1-4H3. The summed E-state index contributed by atoms with van der Waals surface area (Å²) in [5.41, 5.74) is 6.32. The van der Waals surface area contributed by atoms with E-state index in [-0.39, 0.29) is 11.5 Å². The first-order valence-corrected chi connectivity index (χ1v) is 6.54. The SMILES string of the molecule is CCOC1CC(NCCC(N)C(C)(C)C)C1. The zero-order chi connectivity index (χ0) is 12.2. The van der Waals surface area contributed by atoms with Crippen LogP contribution in [0.5, 0.6) is 0 Å². The van der Waals surface area contributed by atoms with Crippen LogP contribution in [0.2, 0.25) is 0 Å². The number of hydrogen-bond donors (Lipinski definition) is 2. The van der Waals surface area contributed by atoms with Crippen molar-refractivity contribution in [1.82, 2.24) is 5.32 Å².